The lowest BCUT2D eigenvalue weighted by Gasteiger charge is -2.12. The van der Waals surface area contributed by atoms with Crippen molar-refractivity contribution in [1.29, 1.82) is 0 Å². The summed E-state index contributed by atoms with van der Waals surface area (Å²) in [6.45, 7) is 0.399. The zero-order chi connectivity index (χ0) is 25.9. The topological polar surface area (TPSA) is 116 Å². The summed E-state index contributed by atoms with van der Waals surface area (Å²) in [5, 5.41) is 17.9. The summed E-state index contributed by atoms with van der Waals surface area (Å²) >= 11 is 5.89. The molecule has 2 heterocycles. The third-order valence-corrected chi connectivity index (χ3v) is 6.12. The number of aromatic nitrogens is 1. The zero-order valence-electron chi connectivity index (χ0n) is 19.7. The Kier molecular flexibility index (Phi) is 6.61. The van der Waals surface area contributed by atoms with Gasteiger partial charge in [0, 0.05) is 18.6 Å². The molecule has 0 unspecified atom stereocenters. The number of halogens is 1. The Morgan fingerprint density at radius 1 is 0.946 bits per heavy atom. The van der Waals surface area contributed by atoms with Gasteiger partial charge in [-0.05, 0) is 59.2 Å². The second kappa shape index (κ2) is 10.2. The third kappa shape index (κ3) is 5.17. The van der Waals surface area contributed by atoms with E-state index in [1.165, 1.54) is 13.2 Å². The molecule has 0 fully saturated rings. The Bertz CT molecular complexity index is 1520. The second-order valence-electron chi connectivity index (χ2n) is 8.26. The van der Waals surface area contributed by atoms with Gasteiger partial charge in [-0.1, -0.05) is 29.8 Å². The highest BCUT2D eigenvalue weighted by Gasteiger charge is 2.21. The van der Waals surface area contributed by atoms with E-state index in [1.807, 2.05) is 24.3 Å². The van der Waals surface area contributed by atoms with E-state index in [9.17, 15) is 14.9 Å². The van der Waals surface area contributed by atoms with Crippen molar-refractivity contribution in [2.45, 2.75) is 6.42 Å². The minimum Gasteiger partial charge on any atom is -0.490 e. The normalized spacial score (nSPS) is 11.9. The molecule has 1 aromatic heterocycles. The summed E-state index contributed by atoms with van der Waals surface area (Å²) in [6, 6.07) is 21.0. The molecular formula is C27H21ClN4O5. The minimum absolute atomic E-state index is 0.113. The number of nitrogens with one attached hydrogen (secondary N) is 2. The summed E-state index contributed by atoms with van der Waals surface area (Å²) < 4.78 is 10.9. The van der Waals surface area contributed by atoms with Crippen molar-refractivity contribution in [3.63, 3.8) is 0 Å². The first-order chi connectivity index (χ1) is 17.9. The number of ether oxygens (including phenoxy) is 2. The SMILES string of the molecule is COc1cc(-c2ccc3c(c2)Nc2ccc(CCOc4cccc(Cl)n4)cc2NC3=O)ccc1[N+](=O)[O-]. The van der Waals surface area contributed by atoms with Gasteiger partial charge >= 0.3 is 5.69 Å². The maximum Gasteiger partial charge on any atom is 0.310 e. The van der Waals surface area contributed by atoms with E-state index in [1.54, 1.807) is 42.5 Å². The average molecular weight is 517 g/mol. The van der Waals surface area contributed by atoms with E-state index in [0.717, 1.165) is 22.4 Å². The van der Waals surface area contributed by atoms with Gasteiger partial charge in [-0.25, -0.2) is 4.98 Å². The number of carbonyl (C=O) groups excluding carboxylic acids is 1. The zero-order valence-corrected chi connectivity index (χ0v) is 20.4. The number of hydrogen-bond donors (Lipinski definition) is 2. The summed E-state index contributed by atoms with van der Waals surface area (Å²) in [5.41, 5.74) is 4.86. The van der Waals surface area contributed by atoms with E-state index in [4.69, 9.17) is 21.1 Å². The lowest BCUT2D eigenvalue weighted by molar-refractivity contribution is -0.385. The Labute approximate surface area is 217 Å². The maximum atomic E-state index is 13.0. The second-order valence-corrected chi connectivity index (χ2v) is 8.65. The van der Waals surface area contributed by atoms with Gasteiger partial charge in [0.15, 0.2) is 5.75 Å². The fourth-order valence-electron chi connectivity index (χ4n) is 4.07. The van der Waals surface area contributed by atoms with E-state index < -0.39 is 4.92 Å². The molecule has 3 aromatic carbocycles. The van der Waals surface area contributed by atoms with Gasteiger partial charge < -0.3 is 20.1 Å². The molecule has 0 spiro atoms. The minimum atomic E-state index is -0.489. The Hall–Kier alpha value is -4.63. The number of carbonyl (C=O) groups is 1. The van der Waals surface area contributed by atoms with Crippen LogP contribution in [0.1, 0.15) is 15.9 Å². The highest BCUT2D eigenvalue weighted by Crippen LogP contribution is 2.37. The van der Waals surface area contributed by atoms with Crippen LogP contribution in [0, 0.1) is 10.1 Å². The first kappa shape index (κ1) is 24.1. The maximum absolute atomic E-state index is 13.0. The third-order valence-electron chi connectivity index (χ3n) is 5.91. The van der Waals surface area contributed by atoms with Crippen molar-refractivity contribution in [2.75, 3.05) is 24.4 Å². The lowest BCUT2D eigenvalue weighted by atomic mass is 10.0. The number of amides is 1. The molecule has 10 heteroatoms. The number of hydrogen-bond acceptors (Lipinski definition) is 7. The lowest BCUT2D eigenvalue weighted by Crippen LogP contribution is -2.11. The summed E-state index contributed by atoms with van der Waals surface area (Å²) in [6.07, 6.45) is 0.608. The van der Waals surface area contributed by atoms with E-state index in [2.05, 4.69) is 15.6 Å². The van der Waals surface area contributed by atoms with Gasteiger partial charge in [0.05, 0.1) is 41.3 Å². The Morgan fingerprint density at radius 3 is 2.54 bits per heavy atom. The van der Waals surface area contributed by atoms with Crippen LogP contribution in [-0.4, -0.2) is 29.5 Å². The molecule has 0 atom stereocenters. The molecule has 0 saturated heterocycles. The van der Waals surface area contributed by atoms with Crippen LogP contribution in [0.4, 0.5) is 22.7 Å². The van der Waals surface area contributed by atoms with Crippen molar-refractivity contribution in [2.24, 2.45) is 0 Å². The van der Waals surface area contributed by atoms with Crippen LogP contribution < -0.4 is 20.1 Å². The number of methoxy groups -OCH3 is 1. The van der Waals surface area contributed by atoms with Crippen molar-refractivity contribution in [3.05, 3.63) is 99.2 Å². The number of fused-ring (bicyclic) bond motifs is 2. The first-order valence-corrected chi connectivity index (χ1v) is 11.7. The van der Waals surface area contributed by atoms with Gasteiger partial charge in [-0.2, -0.15) is 0 Å². The number of nitrogens with zero attached hydrogens (tertiary/aromatic N) is 2. The van der Waals surface area contributed by atoms with Crippen LogP contribution in [-0.2, 0) is 6.42 Å². The van der Waals surface area contributed by atoms with Crippen LogP contribution in [0.15, 0.2) is 72.8 Å². The molecule has 0 radical (unpaired) electrons. The molecule has 1 aliphatic heterocycles. The van der Waals surface area contributed by atoms with Gasteiger partial charge in [-0.15, -0.1) is 0 Å². The fourth-order valence-corrected chi connectivity index (χ4v) is 4.23. The molecule has 186 valence electrons. The molecule has 9 nitrogen and oxygen atoms in total. The van der Waals surface area contributed by atoms with Gasteiger partial charge in [0.25, 0.3) is 5.91 Å². The number of pyridine rings is 1. The van der Waals surface area contributed by atoms with Crippen LogP contribution in [0.5, 0.6) is 11.6 Å². The van der Waals surface area contributed by atoms with Crippen LogP contribution in [0.25, 0.3) is 11.1 Å². The predicted molar refractivity (Wildman–Crippen MR) is 141 cm³/mol. The highest BCUT2D eigenvalue weighted by atomic mass is 35.5. The molecule has 0 saturated carbocycles. The largest absolute Gasteiger partial charge is 0.490 e. The summed E-state index contributed by atoms with van der Waals surface area (Å²) in [7, 11) is 1.39. The van der Waals surface area contributed by atoms with Crippen LogP contribution in [0.2, 0.25) is 5.15 Å². The molecule has 4 aromatic rings. The fraction of sp³-hybridized carbons (Fsp3) is 0.111. The molecule has 37 heavy (non-hydrogen) atoms. The van der Waals surface area contributed by atoms with Gasteiger partial charge in [0.2, 0.25) is 5.88 Å². The number of nitro benzene ring substituents is 1. The van der Waals surface area contributed by atoms with E-state index in [0.29, 0.717) is 41.0 Å². The standard InChI is InChI=1S/C27H21ClN4O5/c1-36-24-15-18(7-10-23(24)32(34)35)17-6-8-19-21(14-17)29-20-9-5-16(13-22(20)30-27(19)33)11-12-37-26-4-2-3-25(28)31-26/h2-10,13-15,29H,11-12H2,1H3,(H,30,33). The van der Waals surface area contributed by atoms with E-state index >= 15 is 0 Å². The van der Waals surface area contributed by atoms with Crippen molar-refractivity contribution < 1.29 is 19.2 Å². The average Bonchev–Trinajstić information content (AvgIpc) is 3.03. The Morgan fingerprint density at radius 2 is 1.76 bits per heavy atom. The van der Waals surface area contributed by atoms with Crippen molar-refractivity contribution in [1.82, 2.24) is 4.98 Å². The molecule has 1 aliphatic rings. The molecule has 5 rings (SSSR count). The van der Waals surface area contributed by atoms with Crippen molar-refractivity contribution in [3.8, 4) is 22.8 Å². The number of anilines is 3. The van der Waals surface area contributed by atoms with Gasteiger partial charge in [0.1, 0.15) is 5.15 Å². The van der Waals surface area contributed by atoms with Gasteiger partial charge in [-0.3, -0.25) is 14.9 Å². The molecule has 1 amide bonds. The Balaban J connectivity index is 1.36. The van der Waals surface area contributed by atoms with E-state index in [-0.39, 0.29) is 17.3 Å². The summed E-state index contributed by atoms with van der Waals surface area (Å²) in [4.78, 5) is 27.8. The first-order valence-electron chi connectivity index (χ1n) is 11.3. The molecular weight excluding hydrogens is 496 g/mol. The molecule has 0 bridgehead atoms. The number of rotatable bonds is 7. The highest BCUT2D eigenvalue weighted by molar-refractivity contribution is 6.29. The predicted octanol–water partition coefficient (Wildman–Crippen LogP) is 6.25. The number of nitro groups is 1. The monoisotopic (exact) mass is 516 g/mol. The summed E-state index contributed by atoms with van der Waals surface area (Å²) in [5.74, 6) is 0.371. The van der Waals surface area contributed by atoms with Crippen molar-refractivity contribution >= 4 is 40.3 Å². The number of benzene rings is 3. The van der Waals surface area contributed by atoms with Crippen LogP contribution >= 0.6 is 11.6 Å². The molecule has 0 aliphatic carbocycles. The molecule has 2 N–H and O–H groups in total. The van der Waals surface area contributed by atoms with Crippen LogP contribution in [0.3, 0.4) is 0 Å². The smallest absolute Gasteiger partial charge is 0.310 e. The quantitative estimate of drug-likeness (QED) is 0.169.